The summed E-state index contributed by atoms with van der Waals surface area (Å²) in [6.07, 6.45) is 0.342. The fourth-order valence-corrected chi connectivity index (χ4v) is 1.95. The average Bonchev–Trinajstić information content (AvgIpc) is 2.72. The summed E-state index contributed by atoms with van der Waals surface area (Å²) < 4.78 is 4.98. The lowest BCUT2D eigenvalue weighted by Crippen LogP contribution is -2.40. The molecule has 5 nitrogen and oxygen atoms in total. The number of carbonyl (C=O) groups is 2. The number of amides is 1. The Labute approximate surface area is 97.0 Å². The molecule has 0 fully saturated rings. The molecule has 0 saturated heterocycles. The molecule has 1 amide bonds. The highest BCUT2D eigenvalue weighted by atomic mass is 32.1. The van der Waals surface area contributed by atoms with Crippen LogP contribution in [-0.4, -0.2) is 30.1 Å². The predicted octanol–water partition coefficient (Wildman–Crippen LogP) is 1.35. The Kier molecular flexibility index (Phi) is 4.30. The Morgan fingerprint density at radius 2 is 2.31 bits per heavy atom. The Bertz CT molecular complexity index is 388. The number of ether oxygens (including phenoxy) is 1. The van der Waals surface area contributed by atoms with Crippen LogP contribution in [0, 0.1) is 0 Å². The molecule has 0 saturated carbocycles. The zero-order chi connectivity index (χ0) is 12.1. The van der Waals surface area contributed by atoms with Gasteiger partial charge in [-0.2, -0.15) is 0 Å². The molecule has 1 heterocycles. The second-order valence-electron chi connectivity index (χ2n) is 3.09. The summed E-state index contributed by atoms with van der Waals surface area (Å²) in [5.74, 6) is -0.991. The van der Waals surface area contributed by atoms with E-state index >= 15 is 0 Å². The summed E-state index contributed by atoms with van der Waals surface area (Å²) in [6, 6.07) is 0.806. The van der Waals surface area contributed by atoms with Gasteiger partial charge in [0.25, 0.3) is 5.91 Å². The van der Waals surface area contributed by atoms with Crippen LogP contribution in [0.5, 0.6) is 5.75 Å². The van der Waals surface area contributed by atoms with Crippen molar-refractivity contribution in [1.29, 1.82) is 0 Å². The van der Waals surface area contributed by atoms with Crippen LogP contribution in [-0.2, 0) is 4.79 Å². The van der Waals surface area contributed by atoms with Crippen molar-refractivity contribution in [2.24, 2.45) is 0 Å². The van der Waals surface area contributed by atoms with Gasteiger partial charge >= 0.3 is 5.97 Å². The topological polar surface area (TPSA) is 75.6 Å². The molecule has 0 radical (unpaired) electrons. The lowest BCUT2D eigenvalue weighted by atomic mass is 10.2. The summed E-state index contributed by atoms with van der Waals surface area (Å²) in [5.41, 5.74) is 0. The van der Waals surface area contributed by atoms with Crippen LogP contribution in [0.15, 0.2) is 11.4 Å². The second-order valence-corrected chi connectivity index (χ2v) is 4.01. The smallest absolute Gasteiger partial charge is 0.326 e. The molecular weight excluding hydrogens is 230 g/mol. The van der Waals surface area contributed by atoms with Crippen LogP contribution < -0.4 is 10.1 Å². The number of rotatable bonds is 5. The third-order valence-corrected chi connectivity index (χ3v) is 2.96. The molecule has 0 aromatic carbocycles. The zero-order valence-electron chi connectivity index (χ0n) is 9.02. The molecule has 0 spiro atoms. The molecule has 1 rings (SSSR count). The van der Waals surface area contributed by atoms with E-state index in [9.17, 15) is 9.59 Å². The second kappa shape index (κ2) is 5.50. The third kappa shape index (κ3) is 2.73. The van der Waals surface area contributed by atoms with Crippen molar-refractivity contribution in [2.45, 2.75) is 19.4 Å². The first kappa shape index (κ1) is 12.5. The summed E-state index contributed by atoms with van der Waals surface area (Å²) >= 11 is 1.22. The van der Waals surface area contributed by atoms with E-state index in [0.717, 1.165) is 0 Å². The molecule has 88 valence electrons. The number of thiophene rings is 1. The minimum absolute atomic E-state index is 0.342. The van der Waals surface area contributed by atoms with Crippen LogP contribution in [0.25, 0.3) is 0 Å². The standard InChI is InChI=1S/C10H13NO4S/c1-3-6(10(13)14)11-9(12)8-7(15-2)4-5-16-8/h4-6H,3H2,1-2H3,(H,11,12)(H,13,14)/t6-/m0/s1. The van der Waals surface area contributed by atoms with Gasteiger partial charge in [0.15, 0.2) is 0 Å². The average molecular weight is 243 g/mol. The van der Waals surface area contributed by atoms with E-state index in [1.54, 1.807) is 18.4 Å². The number of carboxylic acid groups (broad SMARTS) is 1. The summed E-state index contributed by atoms with van der Waals surface area (Å²) in [7, 11) is 1.47. The van der Waals surface area contributed by atoms with Gasteiger partial charge in [0.2, 0.25) is 0 Å². The SMILES string of the molecule is CC[C@H](NC(=O)c1sccc1OC)C(=O)O. The minimum atomic E-state index is -1.04. The van der Waals surface area contributed by atoms with E-state index < -0.39 is 17.9 Å². The van der Waals surface area contributed by atoms with Gasteiger partial charge in [-0.3, -0.25) is 4.79 Å². The fraction of sp³-hybridized carbons (Fsp3) is 0.400. The minimum Gasteiger partial charge on any atom is -0.495 e. The van der Waals surface area contributed by atoms with Gasteiger partial charge in [-0.15, -0.1) is 11.3 Å². The van der Waals surface area contributed by atoms with Gasteiger partial charge in [-0.05, 0) is 17.9 Å². The van der Waals surface area contributed by atoms with Crippen molar-refractivity contribution in [3.63, 3.8) is 0 Å². The van der Waals surface area contributed by atoms with E-state index in [2.05, 4.69) is 5.32 Å². The zero-order valence-corrected chi connectivity index (χ0v) is 9.84. The number of carboxylic acids is 1. The predicted molar refractivity (Wildman–Crippen MR) is 60.1 cm³/mol. The maximum Gasteiger partial charge on any atom is 0.326 e. The van der Waals surface area contributed by atoms with Crippen LogP contribution in [0.4, 0.5) is 0 Å². The Hall–Kier alpha value is -1.56. The summed E-state index contributed by atoms with van der Waals surface area (Å²) in [6.45, 7) is 1.70. The molecule has 1 aromatic heterocycles. The first-order valence-electron chi connectivity index (χ1n) is 4.75. The van der Waals surface area contributed by atoms with Crippen molar-refractivity contribution >= 4 is 23.2 Å². The lowest BCUT2D eigenvalue weighted by Gasteiger charge is -2.11. The number of carbonyl (C=O) groups excluding carboxylic acids is 1. The number of methoxy groups -OCH3 is 1. The van der Waals surface area contributed by atoms with Crippen molar-refractivity contribution in [3.05, 3.63) is 16.3 Å². The summed E-state index contributed by atoms with van der Waals surface area (Å²) in [4.78, 5) is 22.9. The van der Waals surface area contributed by atoms with Crippen LogP contribution >= 0.6 is 11.3 Å². The molecular formula is C10H13NO4S. The molecule has 0 unspecified atom stereocenters. The monoisotopic (exact) mass is 243 g/mol. The first-order valence-corrected chi connectivity index (χ1v) is 5.63. The van der Waals surface area contributed by atoms with Crippen LogP contribution in [0.2, 0.25) is 0 Å². The third-order valence-electron chi connectivity index (χ3n) is 2.07. The molecule has 0 aliphatic heterocycles. The molecule has 6 heteroatoms. The van der Waals surface area contributed by atoms with Gasteiger partial charge in [0, 0.05) is 0 Å². The molecule has 1 atom stereocenters. The van der Waals surface area contributed by atoms with E-state index in [1.165, 1.54) is 18.4 Å². The number of hydrogen-bond donors (Lipinski definition) is 2. The van der Waals surface area contributed by atoms with Gasteiger partial charge in [0.1, 0.15) is 16.7 Å². The van der Waals surface area contributed by atoms with Gasteiger partial charge < -0.3 is 15.2 Å². The van der Waals surface area contributed by atoms with Gasteiger partial charge in [-0.25, -0.2) is 4.79 Å². The Balaban J connectivity index is 2.75. The highest BCUT2D eigenvalue weighted by Crippen LogP contribution is 2.24. The van der Waals surface area contributed by atoms with E-state index in [4.69, 9.17) is 9.84 Å². The number of aliphatic carboxylic acids is 1. The van der Waals surface area contributed by atoms with Crippen molar-refractivity contribution in [1.82, 2.24) is 5.32 Å². The number of nitrogens with one attached hydrogen (secondary N) is 1. The highest BCUT2D eigenvalue weighted by Gasteiger charge is 2.21. The summed E-state index contributed by atoms with van der Waals surface area (Å²) in [5, 5.41) is 13.0. The molecule has 2 N–H and O–H groups in total. The van der Waals surface area contributed by atoms with Crippen molar-refractivity contribution in [3.8, 4) is 5.75 Å². The van der Waals surface area contributed by atoms with Crippen molar-refractivity contribution in [2.75, 3.05) is 7.11 Å². The normalized spacial score (nSPS) is 11.9. The fourth-order valence-electron chi connectivity index (χ4n) is 1.19. The van der Waals surface area contributed by atoms with Crippen LogP contribution in [0.3, 0.4) is 0 Å². The Morgan fingerprint density at radius 1 is 1.62 bits per heavy atom. The van der Waals surface area contributed by atoms with E-state index in [1.807, 2.05) is 0 Å². The molecule has 0 aliphatic rings. The molecule has 16 heavy (non-hydrogen) atoms. The molecule has 0 bridgehead atoms. The Morgan fingerprint density at radius 3 is 2.81 bits per heavy atom. The highest BCUT2D eigenvalue weighted by molar-refractivity contribution is 7.12. The maximum absolute atomic E-state index is 11.7. The molecule has 1 aromatic rings. The van der Waals surface area contributed by atoms with E-state index in [0.29, 0.717) is 17.0 Å². The van der Waals surface area contributed by atoms with Crippen molar-refractivity contribution < 1.29 is 19.4 Å². The van der Waals surface area contributed by atoms with Crippen LogP contribution in [0.1, 0.15) is 23.0 Å². The maximum atomic E-state index is 11.7. The lowest BCUT2D eigenvalue weighted by molar-refractivity contribution is -0.139. The van der Waals surface area contributed by atoms with Gasteiger partial charge in [0.05, 0.1) is 7.11 Å². The molecule has 0 aliphatic carbocycles. The largest absolute Gasteiger partial charge is 0.495 e. The van der Waals surface area contributed by atoms with E-state index in [-0.39, 0.29) is 0 Å². The first-order chi connectivity index (χ1) is 7.60. The number of hydrogen-bond acceptors (Lipinski definition) is 4. The van der Waals surface area contributed by atoms with Gasteiger partial charge in [-0.1, -0.05) is 6.92 Å². The quantitative estimate of drug-likeness (QED) is 0.818.